The Hall–Kier alpha value is -2.77. The van der Waals surface area contributed by atoms with Crippen LogP contribution in [0, 0.1) is 0 Å². The normalized spacial score (nSPS) is 11.8. The van der Waals surface area contributed by atoms with Gasteiger partial charge in [-0.3, -0.25) is 4.79 Å². The lowest BCUT2D eigenvalue weighted by Crippen LogP contribution is -2.22. The van der Waals surface area contributed by atoms with Crippen LogP contribution < -0.4 is 0 Å². The number of hydrogen-bond donors (Lipinski definition) is 1. The molecule has 0 aromatic heterocycles. The first-order valence-corrected chi connectivity index (χ1v) is 8.74. The monoisotopic (exact) mass is 359 g/mol. The van der Waals surface area contributed by atoms with E-state index in [0.29, 0.717) is 11.1 Å². The summed E-state index contributed by atoms with van der Waals surface area (Å²) in [5, 5.41) is 8.84. The third kappa shape index (κ3) is 4.40. The van der Waals surface area contributed by atoms with Crippen LogP contribution in [-0.4, -0.2) is 43.7 Å². The van der Waals surface area contributed by atoms with Crippen LogP contribution in [0.1, 0.15) is 26.3 Å². The molecule has 0 atom stereocenters. The van der Waals surface area contributed by atoms with Crippen molar-refractivity contribution in [3.8, 4) is 0 Å². The summed E-state index contributed by atoms with van der Waals surface area (Å²) in [6.45, 7) is 0. The molecule has 7 heteroatoms. The van der Waals surface area contributed by atoms with E-state index in [-0.39, 0.29) is 16.2 Å². The molecule has 0 bridgehead atoms. The molecule has 2 rings (SSSR count). The molecule has 0 aliphatic heterocycles. The Morgan fingerprint density at radius 1 is 0.920 bits per heavy atom. The molecule has 6 nitrogen and oxygen atoms in total. The number of rotatable bonds is 6. The summed E-state index contributed by atoms with van der Waals surface area (Å²) in [6.07, 6.45) is 2.92. The number of ketones is 1. The Morgan fingerprint density at radius 2 is 1.44 bits per heavy atom. The number of nitrogens with zero attached hydrogens (tertiary/aromatic N) is 1. The Kier molecular flexibility index (Phi) is 5.51. The van der Waals surface area contributed by atoms with Gasteiger partial charge in [0.05, 0.1) is 10.5 Å². The molecule has 0 fully saturated rings. The summed E-state index contributed by atoms with van der Waals surface area (Å²) >= 11 is 0. The molecular weight excluding hydrogens is 342 g/mol. The van der Waals surface area contributed by atoms with E-state index in [1.54, 1.807) is 18.2 Å². The molecular formula is C18H17NO5S. The van der Waals surface area contributed by atoms with Crippen LogP contribution in [0.25, 0.3) is 6.08 Å². The molecule has 0 saturated heterocycles. The average molecular weight is 359 g/mol. The van der Waals surface area contributed by atoms with Crippen LogP contribution in [-0.2, 0) is 10.0 Å². The van der Waals surface area contributed by atoms with E-state index in [1.165, 1.54) is 56.6 Å². The number of benzene rings is 2. The van der Waals surface area contributed by atoms with Crippen molar-refractivity contribution in [1.82, 2.24) is 4.31 Å². The number of sulfonamides is 1. The number of carbonyl (C=O) groups excluding carboxylic acids is 1. The smallest absolute Gasteiger partial charge is 0.335 e. The number of hydrogen-bond acceptors (Lipinski definition) is 4. The predicted octanol–water partition coefficient (Wildman–Crippen LogP) is 2.53. The van der Waals surface area contributed by atoms with Crippen molar-refractivity contribution in [3.05, 3.63) is 71.3 Å². The van der Waals surface area contributed by atoms with E-state index in [1.807, 2.05) is 0 Å². The van der Waals surface area contributed by atoms with Crippen molar-refractivity contribution in [3.63, 3.8) is 0 Å². The number of carboxylic acid groups (broad SMARTS) is 1. The predicted molar refractivity (Wildman–Crippen MR) is 94.1 cm³/mol. The summed E-state index contributed by atoms with van der Waals surface area (Å²) in [5.74, 6) is -1.30. The maximum Gasteiger partial charge on any atom is 0.335 e. The summed E-state index contributed by atoms with van der Waals surface area (Å²) in [4.78, 5) is 23.0. The van der Waals surface area contributed by atoms with E-state index in [9.17, 15) is 18.0 Å². The standard InChI is InChI=1S/C18H17NO5S/c1-19(2)25(23,24)16-10-8-14(9-11-16)17(20)12-5-13-3-6-15(7-4-13)18(21)22/h3-12H,1-2H3,(H,21,22). The highest BCUT2D eigenvalue weighted by Gasteiger charge is 2.17. The van der Waals surface area contributed by atoms with Gasteiger partial charge in [-0.25, -0.2) is 17.5 Å². The molecule has 130 valence electrons. The van der Waals surface area contributed by atoms with Crippen molar-refractivity contribution < 1.29 is 23.1 Å². The highest BCUT2D eigenvalue weighted by molar-refractivity contribution is 7.89. The third-order valence-corrected chi connectivity index (χ3v) is 5.33. The van der Waals surface area contributed by atoms with Crippen molar-refractivity contribution in [2.75, 3.05) is 14.1 Å². The maximum atomic E-state index is 12.1. The lowest BCUT2D eigenvalue weighted by molar-refractivity contribution is 0.0696. The van der Waals surface area contributed by atoms with Gasteiger partial charge in [0, 0.05) is 19.7 Å². The fourth-order valence-electron chi connectivity index (χ4n) is 2.01. The molecule has 0 saturated carbocycles. The highest BCUT2D eigenvalue weighted by Crippen LogP contribution is 2.15. The van der Waals surface area contributed by atoms with Gasteiger partial charge in [0.25, 0.3) is 0 Å². The van der Waals surface area contributed by atoms with E-state index in [0.717, 1.165) is 4.31 Å². The molecule has 0 spiro atoms. The number of aromatic carboxylic acids is 1. The molecule has 0 heterocycles. The second kappa shape index (κ2) is 7.42. The fraction of sp³-hybridized carbons (Fsp3) is 0.111. The van der Waals surface area contributed by atoms with Gasteiger partial charge < -0.3 is 5.11 Å². The molecule has 2 aromatic carbocycles. The average Bonchev–Trinajstić information content (AvgIpc) is 2.60. The number of allylic oxidation sites excluding steroid dienone is 1. The largest absolute Gasteiger partial charge is 0.478 e. The minimum Gasteiger partial charge on any atom is -0.478 e. The van der Waals surface area contributed by atoms with Gasteiger partial charge in [0.1, 0.15) is 0 Å². The van der Waals surface area contributed by atoms with E-state index < -0.39 is 16.0 Å². The van der Waals surface area contributed by atoms with Crippen LogP contribution >= 0.6 is 0 Å². The lowest BCUT2D eigenvalue weighted by Gasteiger charge is -2.11. The number of carboxylic acids is 1. The second-order valence-corrected chi connectivity index (χ2v) is 7.59. The molecule has 0 amide bonds. The van der Waals surface area contributed by atoms with E-state index in [2.05, 4.69) is 0 Å². The van der Waals surface area contributed by atoms with Gasteiger partial charge >= 0.3 is 5.97 Å². The quantitative estimate of drug-likeness (QED) is 0.632. The zero-order chi connectivity index (χ0) is 18.6. The van der Waals surface area contributed by atoms with Crippen molar-refractivity contribution in [1.29, 1.82) is 0 Å². The van der Waals surface area contributed by atoms with Crippen LogP contribution in [0.5, 0.6) is 0 Å². The molecule has 25 heavy (non-hydrogen) atoms. The first kappa shape index (κ1) is 18.6. The summed E-state index contributed by atoms with van der Waals surface area (Å²) < 4.78 is 25.1. The van der Waals surface area contributed by atoms with Crippen LogP contribution in [0.15, 0.2) is 59.5 Å². The van der Waals surface area contributed by atoms with Gasteiger partial charge in [-0.15, -0.1) is 0 Å². The molecule has 0 unspecified atom stereocenters. The van der Waals surface area contributed by atoms with E-state index >= 15 is 0 Å². The molecule has 0 aliphatic carbocycles. The zero-order valence-electron chi connectivity index (χ0n) is 13.7. The zero-order valence-corrected chi connectivity index (χ0v) is 14.5. The topological polar surface area (TPSA) is 91.8 Å². The Labute approximate surface area is 146 Å². The van der Waals surface area contributed by atoms with Gasteiger partial charge in [0.15, 0.2) is 5.78 Å². The second-order valence-electron chi connectivity index (χ2n) is 5.44. The van der Waals surface area contributed by atoms with Crippen molar-refractivity contribution in [2.45, 2.75) is 4.90 Å². The summed E-state index contributed by atoms with van der Waals surface area (Å²) in [6, 6.07) is 11.8. The van der Waals surface area contributed by atoms with Gasteiger partial charge in [-0.2, -0.15) is 0 Å². The fourth-order valence-corrected chi connectivity index (χ4v) is 2.91. The van der Waals surface area contributed by atoms with Gasteiger partial charge in [-0.1, -0.05) is 18.2 Å². The molecule has 0 aliphatic rings. The first-order chi connectivity index (χ1) is 11.7. The molecule has 1 N–H and O–H groups in total. The summed E-state index contributed by atoms with van der Waals surface area (Å²) in [5.41, 5.74) is 1.21. The van der Waals surface area contributed by atoms with Crippen LogP contribution in [0.2, 0.25) is 0 Å². The van der Waals surface area contributed by atoms with Crippen molar-refractivity contribution >= 4 is 27.9 Å². The molecule has 2 aromatic rings. The first-order valence-electron chi connectivity index (χ1n) is 7.30. The minimum atomic E-state index is -3.53. The van der Waals surface area contributed by atoms with Crippen molar-refractivity contribution in [2.24, 2.45) is 0 Å². The number of carbonyl (C=O) groups is 2. The molecule has 0 radical (unpaired) electrons. The minimum absolute atomic E-state index is 0.113. The van der Waals surface area contributed by atoms with Gasteiger partial charge in [-0.05, 0) is 48.0 Å². The Morgan fingerprint density at radius 3 is 1.92 bits per heavy atom. The van der Waals surface area contributed by atoms with E-state index in [4.69, 9.17) is 5.11 Å². The third-order valence-electron chi connectivity index (χ3n) is 3.50. The lowest BCUT2D eigenvalue weighted by atomic mass is 10.1. The van der Waals surface area contributed by atoms with Crippen LogP contribution in [0.4, 0.5) is 0 Å². The highest BCUT2D eigenvalue weighted by atomic mass is 32.2. The van der Waals surface area contributed by atoms with Crippen LogP contribution in [0.3, 0.4) is 0 Å². The van der Waals surface area contributed by atoms with Gasteiger partial charge in [0.2, 0.25) is 10.0 Å². The Bertz CT molecular complexity index is 911. The maximum absolute atomic E-state index is 12.1. The Balaban J connectivity index is 2.14. The summed E-state index contributed by atoms with van der Waals surface area (Å²) in [7, 11) is -0.655. The SMILES string of the molecule is CN(C)S(=O)(=O)c1ccc(C(=O)C=Cc2ccc(C(=O)O)cc2)cc1.